The summed E-state index contributed by atoms with van der Waals surface area (Å²) in [6, 6.07) is 4.86. The zero-order valence-corrected chi connectivity index (χ0v) is 12.5. The number of sulfonamides is 1. The van der Waals surface area contributed by atoms with Gasteiger partial charge < -0.3 is 5.73 Å². The third kappa shape index (κ3) is 2.77. The fraction of sp³-hybridized carbons (Fsp3) is 0.308. The van der Waals surface area contributed by atoms with Gasteiger partial charge in [-0.2, -0.15) is 5.10 Å². The molecule has 2 rings (SSSR count). The van der Waals surface area contributed by atoms with Crippen LogP contribution in [0.2, 0.25) is 0 Å². The molecule has 0 saturated carbocycles. The van der Waals surface area contributed by atoms with Crippen LogP contribution in [0.1, 0.15) is 18.2 Å². The Balaban J connectivity index is 2.40. The van der Waals surface area contributed by atoms with Gasteiger partial charge in [0.1, 0.15) is 4.90 Å². The number of nitrogens with one attached hydrogen (secondary N) is 1. The van der Waals surface area contributed by atoms with Crippen LogP contribution >= 0.6 is 0 Å². The van der Waals surface area contributed by atoms with Gasteiger partial charge in [0.25, 0.3) is 10.0 Å². The van der Waals surface area contributed by atoms with Gasteiger partial charge in [-0.05, 0) is 31.0 Å². The molecule has 0 radical (unpaired) electrons. The molecule has 108 valence electrons. The first-order chi connectivity index (χ1) is 9.33. The lowest BCUT2D eigenvalue weighted by atomic mass is 10.2. The second-order valence-electron chi connectivity index (χ2n) is 4.66. The fourth-order valence-electron chi connectivity index (χ4n) is 1.99. The van der Waals surface area contributed by atoms with Gasteiger partial charge in [0.15, 0.2) is 0 Å². The number of hydrogen-bond acceptors (Lipinski definition) is 4. The minimum atomic E-state index is -3.71. The number of rotatable bonds is 4. The highest BCUT2D eigenvalue weighted by atomic mass is 32.2. The van der Waals surface area contributed by atoms with Crippen LogP contribution in [0.5, 0.6) is 0 Å². The Hall–Kier alpha value is -2.02. The second kappa shape index (κ2) is 5.16. The molecule has 0 unspecified atom stereocenters. The quantitative estimate of drug-likeness (QED) is 0.839. The minimum Gasteiger partial charge on any atom is -0.398 e. The van der Waals surface area contributed by atoms with E-state index in [4.69, 9.17) is 5.73 Å². The maximum Gasteiger partial charge on any atom is 0.264 e. The van der Waals surface area contributed by atoms with Crippen molar-refractivity contribution in [3.05, 3.63) is 35.7 Å². The summed E-state index contributed by atoms with van der Waals surface area (Å²) in [7, 11) is -1.96. The van der Waals surface area contributed by atoms with Crippen LogP contribution in [0.3, 0.4) is 0 Å². The lowest BCUT2D eigenvalue weighted by Crippen LogP contribution is -2.15. The Morgan fingerprint density at radius 3 is 2.70 bits per heavy atom. The maximum atomic E-state index is 12.4. The lowest BCUT2D eigenvalue weighted by Gasteiger charge is -2.10. The molecule has 0 aliphatic carbocycles. The summed E-state index contributed by atoms with van der Waals surface area (Å²) in [6.45, 7) is 3.77. The van der Waals surface area contributed by atoms with Crippen LogP contribution in [0.15, 0.2) is 29.3 Å². The Morgan fingerprint density at radius 2 is 2.10 bits per heavy atom. The molecule has 2 aromatic rings. The molecule has 0 aliphatic rings. The Labute approximate surface area is 118 Å². The topological polar surface area (TPSA) is 90.0 Å². The number of anilines is 2. The normalized spacial score (nSPS) is 11.6. The van der Waals surface area contributed by atoms with Gasteiger partial charge >= 0.3 is 0 Å². The highest BCUT2D eigenvalue weighted by Crippen LogP contribution is 2.24. The van der Waals surface area contributed by atoms with Crippen LogP contribution in [0.25, 0.3) is 0 Å². The molecule has 0 bridgehead atoms. The largest absolute Gasteiger partial charge is 0.398 e. The van der Waals surface area contributed by atoms with Gasteiger partial charge in [0, 0.05) is 13.2 Å². The summed E-state index contributed by atoms with van der Waals surface area (Å²) in [5.41, 5.74) is 8.12. The Kier molecular flexibility index (Phi) is 3.71. The molecule has 7 heteroatoms. The highest BCUT2D eigenvalue weighted by molar-refractivity contribution is 7.92. The summed E-state index contributed by atoms with van der Waals surface area (Å²) in [5.74, 6) is 0. The predicted octanol–water partition coefficient (Wildman–Crippen LogP) is 1.67. The van der Waals surface area contributed by atoms with Gasteiger partial charge in [-0.25, -0.2) is 8.42 Å². The summed E-state index contributed by atoms with van der Waals surface area (Å²) in [6.07, 6.45) is 2.28. The second-order valence-corrected chi connectivity index (χ2v) is 6.31. The molecule has 1 aromatic carbocycles. The van der Waals surface area contributed by atoms with Gasteiger partial charge in [0.2, 0.25) is 0 Å². The van der Waals surface area contributed by atoms with Crippen LogP contribution in [0.4, 0.5) is 11.4 Å². The number of hydrogen-bond donors (Lipinski definition) is 2. The Morgan fingerprint density at radius 1 is 1.40 bits per heavy atom. The first kappa shape index (κ1) is 14.4. The van der Waals surface area contributed by atoms with Crippen LogP contribution < -0.4 is 10.5 Å². The van der Waals surface area contributed by atoms with Crippen molar-refractivity contribution in [2.24, 2.45) is 7.05 Å². The number of nitrogens with zero attached hydrogens (tertiary/aromatic N) is 2. The fourth-order valence-corrected chi connectivity index (χ4v) is 3.18. The highest BCUT2D eigenvalue weighted by Gasteiger charge is 2.20. The van der Waals surface area contributed by atoms with Crippen molar-refractivity contribution in [3.63, 3.8) is 0 Å². The van der Waals surface area contributed by atoms with E-state index in [2.05, 4.69) is 9.82 Å². The van der Waals surface area contributed by atoms with Crippen molar-refractivity contribution in [3.8, 4) is 0 Å². The monoisotopic (exact) mass is 294 g/mol. The molecule has 6 nitrogen and oxygen atoms in total. The zero-order valence-electron chi connectivity index (χ0n) is 11.7. The number of nitrogen functional groups attached to an aromatic ring is 1. The SMILES string of the molecule is CCc1nn(C)cc1NS(=O)(=O)c1ccc(C)cc1N. The van der Waals surface area contributed by atoms with E-state index in [1.807, 2.05) is 13.8 Å². The molecule has 0 fully saturated rings. The zero-order chi connectivity index (χ0) is 14.9. The number of aryl methyl sites for hydroxylation is 3. The molecule has 3 N–H and O–H groups in total. The van der Waals surface area contributed by atoms with E-state index in [9.17, 15) is 8.42 Å². The third-order valence-electron chi connectivity index (χ3n) is 2.94. The Bertz CT molecular complexity index is 735. The van der Waals surface area contributed by atoms with Crippen molar-refractivity contribution in [1.29, 1.82) is 0 Å². The third-order valence-corrected chi connectivity index (χ3v) is 4.38. The summed E-state index contributed by atoms with van der Waals surface area (Å²) in [4.78, 5) is 0.0778. The van der Waals surface area contributed by atoms with Gasteiger partial charge in [-0.1, -0.05) is 13.0 Å². The molecule has 1 heterocycles. The van der Waals surface area contributed by atoms with Crippen molar-refractivity contribution >= 4 is 21.4 Å². The van der Waals surface area contributed by atoms with E-state index in [0.29, 0.717) is 17.8 Å². The van der Waals surface area contributed by atoms with E-state index >= 15 is 0 Å². The molecular formula is C13H18N4O2S. The van der Waals surface area contributed by atoms with Crippen LogP contribution in [0, 0.1) is 6.92 Å². The van der Waals surface area contributed by atoms with E-state index in [-0.39, 0.29) is 10.6 Å². The molecule has 0 spiro atoms. The average Bonchev–Trinajstić information content (AvgIpc) is 2.67. The van der Waals surface area contributed by atoms with Crippen LogP contribution in [-0.2, 0) is 23.5 Å². The molecule has 1 aromatic heterocycles. The summed E-state index contributed by atoms with van der Waals surface area (Å²) >= 11 is 0. The standard InChI is InChI=1S/C13H18N4O2S/c1-4-11-12(8-17(3)15-11)16-20(18,19)13-6-5-9(2)7-10(13)14/h5-8,16H,4,14H2,1-3H3. The first-order valence-electron chi connectivity index (χ1n) is 6.25. The van der Waals surface area contributed by atoms with Crippen molar-refractivity contribution < 1.29 is 8.42 Å². The van der Waals surface area contributed by atoms with Crippen molar-refractivity contribution in [2.45, 2.75) is 25.2 Å². The molecular weight excluding hydrogens is 276 g/mol. The van der Waals surface area contributed by atoms with E-state index < -0.39 is 10.0 Å². The van der Waals surface area contributed by atoms with Crippen molar-refractivity contribution in [1.82, 2.24) is 9.78 Å². The maximum absolute atomic E-state index is 12.4. The average molecular weight is 294 g/mol. The van der Waals surface area contributed by atoms with E-state index in [1.54, 1.807) is 30.1 Å². The van der Waals surface area contributed by atoms with Gasteiger partial charge in [-0.15, -0.1) is 0 Å². The lowest BCUT2D eigenvalue weighted by molar-refractivity contribution is 0.601. The van der Waals surface area contributed by atoms with E-state index in [1.165, 1.54) is 6.07 Å². The summed E-state index contributed by atoms with van der Waals surface area (Å²) in [5, 5.41) is 4.20. The van der Waals surface area contributed by atoms with E-state index in [0.717, 1.165) is 5.56 Å². The smallest absolute Gasteiger partial charge is 0.264 e. The molecule has 0 aliphatic heterocycles. The molecule has 0 atom stereocenters. The minimum absolute atomic E-state index is 0.0778. The first-order valence-corrected chi connectivity index (χ1v) is 7.73. The molecule has 0 amide bonds. The molecule has 0 saturated heterocycles. The number of nitrogens with two attached hydrogens (primary N) is 1. The number of benzene rings is 1. The number of aromatic nitrogens is 2. The predicted molar refractivity (Wildman–Crippen MR) is 79.0 cm³/mol. The van der Waals surface area contributed by atoms with Gasteiger partial charge in [0.05, 0.1) is 17.1 Å². The van der Waals surface area contributed by atoms with Gasteiger partial charge in [-0.3, -0.25) is 9.40 Å². The molecule has 20 heavy (non-hydrogen) atoms. The van der Waals surface area contributed by atoms with Crippen molar-refractivity contribution in [2.75, 3.05) is 10.5 Å². The van der Waals surface area contributed by atoms with Crippen LogP contribution in [-0.4, -0.2) is 18.2 Å². The summed E-state index contributed by atoms with van der Waals surface area (Å²) < 4.78 is 28.9.